The predicted octanol–water partition coefficient (Wildman–Crippen LogP) is 4.82. The first-order valence-corrected chi connectivity index (χ1v) is 7.10. The molecule has 6 nitrogen and oxygen atoms in total. The fraction of sp³-hybridized carbons (Fsp3) is 0. The molecule has 1 aromatic carbocycles. The zero-order valence-electron chi connectivity index (χ0n) is 9.09. The van der Waals surface area contributed by atoms with Crippen molar-refractivity contribution in [2.24, 2.45) is 10.2 Å². The van der Waals surface area contributed by atoms with Gasteiger partial charge in [0.15, 0.2) is 11.5 Å². The van der Waals surface area contributed by atoms with Gasteiger partial charge >= 0.3 is 0 Å². The number of nitrogen functional groups attached to an aromatic ring is 2. The number of aromatic amines is 1. The Bertz CT molecular complexity index is 650. The number of hydrogen-bond donors (Lipinski definition) is 3. The second kappa shape index (κ2) is 5.66. The van der Waals surface area contributed by atoms with Crippen molar-refractivity contribution in [3.05, 3.63) is 25.1 Å². The van der Waals surface area contributed by atoms with Gasteiger partial charge in [-0.15, -0.1) is 10.2 Å². The molecule has 0 aliphatic rings. The summed E-state index contributed by atoms with van der Waals surface area (Å²) < 4.78 is 1.16. The third kappa shape index (κ3) is 2.86. The van der Waals surface area contributed by atoms with Gasteiger partial charge in [0, 0.05) is 4.47 Å². The fourth-order valence-corrected chi connectivity index (χ4v) is 3.05. The summed E-state index contributed by atoms with van der Waals surface area (Å²) in [6, 6.07) is 1.62. The summed E-state index contributed by atoms with van der Waals surface area (Å²) in [6.45, 7) is 0. The molecule has 10 heteroatoms. The molecule has 0 atom stereocenters. The van der Waals surface area contributed by atoms with Crippen LogP contribution in [0.5, 0.6) is 0 Å². The number of nitrogens with zero attached hydrogens (tertiary/aromatic N) is 3. The minimum absolute atomic E-state index is 0.150. The molecule has 0 bridgehead atoms. The van der Waals surface area contributed by atoms with Crippen molar-refractivity contribution in [3.63, 3.8) is 0 Å². The second-order valence-corrected chi connectivity index (χ2v) is 5.82. The summed E-state index contributed by atoms with van der Waals surface area (Å²) in [7, 11) is 0. The van der Waals surface area contributed by atoms with Crippen molar-refractivity contribution < 1.29 is 0 Å². The van der Waals surface area contributed by atoms with Gasteiger partial charge in [-0.2, -0.15) is 5.10 Å². The van der Waals surface area contributed by atoms with Gasteiger partial charge in [-0.05, 0) is 37.9 Å². The van der Waals surface area contributed by atoms with Crippen LogP contribution in [0.15, 0.2) is 25.2 Å². The van der Waals surface area contributed by atoms with E-state index in [0.29, 0.717) is 24.7 Å². The molecular formula is C9H6Br2Cl2N6. The van der Waals surface area contributed by atoms with Crippen LogP contribution in [-0.4, -0.2) is 10.2 Å². The van der Waals surface area contributed by atoms with E-state index in [9.17, 15) is 0 Å². The van der Waals surface area contributed by atoms with Crippen LogP contribution in [0.4, 0.5) is 23.0 Å². The molecule has 0 aliphatic heterocycles. The van der Waals surface area contributed by atoms with E-state index in [-0.39, 0.29) is 17.3 Å². The molecule has 100 valence electrons. The van der Waals surface area contributed by atoms with Crippen LogP contribution >= 0.6 is 55.1 Å². The van der Waals surface area contributed by atoms with E-state index in [4.69, 9.17) is 34.7 Å². The minimum Gasteiger partial charge on any atom is -0.382 e. The molecule has 1 aromatic heterocycles. The Kier molecular flexibility index (Phi) is 4.34. The van der Waals surface area contributed by atoms with E-state index >= 15 is 0 Å². The number of anilines is 2. The molecule has 0 unspecified atom stereocenters. The van der Waals surface area contributed by atoms with Crippen molar-refractivity contribution in [2.75, 3.05) is 11.5 Å². The third-order valence-corrected chi connectivity index (χ3v) is 4.67. The van der Waals surface area contributed by atoms with Gasteiger partial charge in [-0.1, -0.05) is 23.2 Å². The lowest BCUT2D eigenvalue weighted by Crippen LogP contribution is -1.84. The van der Waals surface area contributed by atoms with Crippen LogP contribution < -0.4 is 11.5 Å². The lowest BCUT2D eigenvalue weighted by atomic mass is 10.3. The Labute approximate surface area is 134 Å². The molecule has 19 heavy (non-hydrogen) atoms. The molecule has 2 rings (SSSR count). The first-order valence-electron chi connectivity index (χ1n) is 4.76. The summed E-state index contributed by atoms with van der Waals surface area (Å²) >= 11 is 18.7. The van der Waals surface area contributed by atoms with Crippen molar-refractivity contribution in [3.8, 4) is 0 Å². The Morgan fingerprint density at radius 2 is 1.79 bits per heavy atom. The number of benzene rings is 1. The average Bonchev–Trinajstić information content (AvgIpc) is 2.67. The quantitative estimate of drug-likeness (QED) is 0.362. The maximum atomic E-state index is 6.07. The number of rotatable bonds is 2. The molecule has 1 heterocycles. The normalized spacial score (nSPS) is 11.4. The van der Waals surface area contributed by atoms with Crippen molar-refractivity contribution in [2.45, 2.75) is 0 Å². The zero-order valence-corrected chi connectivity index (χ0v) is 13.8. The number of halogens is 4. The molecular weight excluding hydrogens is 423 g/mol. The molecule has 0 fully saturated rings. The molecule has 0 saturated heterocycles. The second-order valence-electron chi connectivity index (χ2n) is 3.39. The summed E-state index contributed by atoms with van der Waals surface area (Å²) in [5.74, 6) is 0.369. The summed E-state index contributed by atoms with van der Waals surface area (Å²) in [5, 5.41) is 14.9. The van der Waals surface area contributed by atoms with E-state index in [1.165, 1.54) is 0 Å². The SMILES string of the molecule is Nc1n[nH]c(N)c1N=Nc1c(Cl)cc(Br)c(Cl)c1Br. The van der Waals surface area contributed by atoms with Gasteiger partial charge in [0.25, 0.3) is 0 Å². The predicted molar refractivity (Wildman–Crippen MR) is 83.5 cm³/mol. The highest BCUT2D eigenvalue weighted by atomic mass is 79.9. The first kappa shape index (κ1) is 14.6. The van der Waals surface area contributed by atoms with Crippen LogP contribution in [0.2, 0.25) is 10.0 Å². The van der Waals surface area contributed by atoms with E-state index in [1.807, 2.05) is 0 Å². The highest BCUT2D eigenvalue weighted by molar-refractivity contribution is 9.11. The van der Waals surface area contributed by atoms with Crippen molar-refractivity contribution in [1.82, 2.24) is 10.2 Å². The largest absolute Gasteiger partial charge is 0.382 e. The average molecular weight is 429 g/mol. The fourth-order valence-electron chi connectivity index (χ4n) is 1.22. The van der Waals surface area contributed by atoms with Crippen LogP contribution in [-0.2, 0) is 0 Å². The number of aromatic nitrogens is 2. The standard InChI is InChI=1S/C9H6Br2Cl2N6/c10-2-1-3(12)6(4(11)5(2)13)16-17-7-8(14)18-19-9(7)15/h1H,(H5,14,15,18,19). The number of hydrogen-bond acceptors (Lipinski definition) is 5. The van der Waals surface area contributed by atoms with Gasteiger partial charge in [0.1, 0.15) is 11.5 Å². The third-order valence-electron chi connectivity index (χ3n) is 2.13. The molecule has 2 aromatic rings. The molecule has 0 radical (unpaired) electrons. The van der Waals surface area contributed by atoms with Crippen LogP contribution in [0, 0.1) is 0 Å². The van der Waals surface area contributed by atoms with Gasteiger partial charge in [0.05, 0.1) is 14.5 Å². The maximum absolute atomic E-state index is 6.07. The Morgan fingerprint density at radius 3 is 2.37 bits per heavy atom. The number of azo groups is 1. The highest BCUT2D eigenvalue weighted by Gasteiger charge is 2.14. The molecule has 0 aliphatic carbocycles. The summed E-state index contributed by atoms with van der Waals surface area (Å²) in [5.41, 5.74) is 11.8. The van der Waals surface area contributed by atoms with E-state index in [0.717, 1.165) is 0 Å². The molecule has 5 N–H and O–H groups in total. The number of nitrogens with two attached hydrogens (primary N) is 2. The number of nitrogens with one attached hydrogen (secondary N) is 1. The lowest BCUT2D eigenvalue weighted by Gasteiger charge is -2.05. The number of H-pyrrole nitrogens is 1. The smallest absolute Gasteiger partial charge is 0.175 e. The Hall–Kier alpha value is -0.830. The highest BCUT2D eigenvalue weighted by Crippen LogP contribution is 2.43. The van der Waals surface area contributed by atoms with Gasteiger partial charge in [0.2, 0.25) is 0 Å². The first-order chi connectivity index (χ1) is 8.91. The molecule has 0 amide bonds. The van der Waals surface area contributed by atoms with Gasteiger partial charge in [-0.3, -0.25) is 5.10 Å². The topological polar surface area (TPSA) is 105 Å². The van der Waals surface area contributed by atoms with Crippen molar-refractivity contribution >= 4 is 78.1 Å². The Balaban J connectivity index is 2.48. The lowest BCUT2D eigenvalue weighted by molar-refractivity contribution is 1.11. The van der Waals surface area contributed by atoms with Crippen LogP contribution in [0.3, 0.4) is 0 Å². The zero-order chi connectivity index (χ0) is 14.2. The monoisotopic (exact) mass is 426 g/mol. The van der Waals surface area contributed by atoms with Gasteiger partial charge < -0.3 is 11.5 Å². The van der Waals surface area contributed by atoms with E-state index in [1.54, 1.807) is 6.07 Å². The summed E-state index contributed by atoms with van der Waals surface area (Å²) in [6.07, 6.45) is 0. The van der Waals surface area contributed by atoms with E-state index in [2.05, 4.69) is 52.3 Å². The van der Waals surface area contributed by atoms with Crippen molar-refractivity contribution in [1.29, 1.82) is 0 Å². The molecule has 0 spiro atoms. The minimum atomic E-state index is 0.150. The maximum Gasteiger partial charge on any atom is 0.175 e. The van der Waals surface area contributed by atoms with Crippen LogP contribution in [0.1, 0.15) is 0 Å². The summed E-state index contributed by atoms with van der Waals surface area (Å²) in [4.78, 5) is 0. The molecule has 0 saturated carbocycles. The van der Waals surface area contributed by atoms with E-state index < -0.39 is 0 Å². The van der Waals surface area contributed by atoms with Crippen LogP contribution in [0.25, 0.3) is 0 Å². The Morgan fingerprint density at radius 1 is 1.16 bits per heavy atom. The van der Waals surface area contributed by atoms with Gasteiger partial charge in [-0.25, -0.2) is 0 Å².